The summed E-state index contributed by atoms with van der Waals surface area (Å²) in [5.74, 6) is 1.54. The van der Waals surface area contributed by atoms with E-state index in [1.54, 1.807) is 23.9 Å². The number of thioether (sulfide) groups is 2. The van der Waals surface area contributed by atoms with Crippen LogP contribution in [0.25, 0.3) is 11.0 Å². The van der Waals surface area contributed by atoms with Gasteiger partial charge in [-0.05, 0) is 29.8 Å². The molecule has 1 amide bonds. The van der Waals surface area contributed by atoms with Gasteiger partial charge in [0.15, 0.2) is 5.16 Å². The Morgan fingerprint density at radius 3 is 2.81 bits per heavy atom. The molecule has 2 aromatic carbocycles. The van der Waals surface area contributed by atoms with Crippen LogP contribution in [0.5, 0.6) is 0 Å². The largest absolute Gasteiger partial charge is 0.355 e. The van der Waals surface area contributed by atoms with Crippen LogP contribution in [0.3, 0.4) is 0 Å². The third-order valence-corrected chi connectivity index (χ3v) is 7.38. The van der Waals surface area contributed by atoms with Gasteiger partial charge in [0, 0.05) is 25.1 Å². The first-order chi connectivity index (χ1) is 14.8. The SMILES string of the molecule is Cn1c(SCC(=O)NCCSCc2ccccc2C#N)nc2cc(S(N)(=O)=O)ccc21. The lowest BCUT2D eigenvalue weighted by Crippen LogP contribution is -2.27. The van der Waals surface area contributed by atoms with Crippen LogP contribution in [-0.2, 0) is 27.6 Å². The molecule has 0 unspecified atom stereocenters. The normalized spacial score (nSPS) is 11.4. The molecular weight excluding hydrogens is 454 g/mol. The van der Waals surface area contributed by atoms with E-state index in [0.717, 1.165) is 16.8 Å². The summed E-state index contributed by atoms with van der Waals surface area (Å²) in [6, 6.07) is 14.2. The number of nitriles is 1. The first kappa shape index (κ1) is 23.1. The molecule has 0 fully saturated rings. The molecule has 8 nitrogen and oxygen atoms in total. The van der Waals surface area contributed by atoms with Gasteiger partial charge in [-0.15, -0.1) is 0 Å². The summed E-state index contributed by atoms with van der Waals surface area (Å²) in [7, 11) is -1.99. The fraction of sp³-hybridized carbons (Fsp3) is 0.250. The van der Waals surface area contributed by atoms with Gasteiger partial charge in [0.1, 0.15) is 0 Å². The van der Waals surface area contributed by atoms with Crippen molar-refractivity contribution in [3.05, 3.63) is 53.6 Å². The maximum Gasteiger partial charge on any atom is 0.238 e. The van der Waals surface area contributed by atoms with E-state index in [-0.39, 0.29) is 16.6 Å². The number of hydrogen-bond acceptors (Lipinski definition) is 7. The molecule has 0 aliphatic heterocycles. The monoisotopic (exact) mass is 475 g/mol. The first-order valence-corrected chi connectivity index (χ1v) is 12.9. The number of sulfonamides is 1. The first-order valence-electron chi connectivity index (χ1n) is 9.24. The standard InChI is InChI=1S/C20H21N5O3S3/c1-25-18-7-6-16(31(22,27)28)10-17(18)24-20(25)30-13-19(26)23-8-9-29-12-15-5-3-2-4-14(15)11-21/h2-7,10H,8-9,12-13H2,1H3,(H,23,26)(H2,22,27,28). The molecule has 162 valence electrons. The van der Waals surface area contributed by atoms with Crippen LogP contribution in [0.15, 0.2) is 52.5 Å². The molecule has 0 aliphatic carbocycles. The van der Waals surface area contributed by atoms with Gasteiger partial charge in [-0.25, -0.2) is 18.5 Å². The molecule has 0 radical (unpaired) electrons. The van der Waals surface area contributed by atoms with Crippen molar-refractivity contribution in [1.82, 2.24) is 14.9 Å². The number of rotatable bonds is 9. The quantitative estimate of drug-likeness (QED) is 0.358. The lowest BCUT2D eigenvalue weighted by atomic mass is 10.1. The zero-order valence-electron chi connectivity index (χ0n) is 16.7. The summed E-state index contributed by atoms with van der Waals surface area (Å²) in [6.07, 6.45) is 0. The third-order valence-electron chi connectivity index (χ3n) is 4.44. The van der Waals surface area contributed by atoms with Gasteiger partial charge in [-0.3, -0.25) is 4.79 Å². The number of imidazole rings is 1. The van der Waals surface area contributed by atoms with Crippen molar-refractivity contribution >= 4 is 50.5 Å². The Hall–Kier alpha value is -2.52. The van der Waals surface area contributed by atoms with Crippen molar-refractivity contribution in [2.75, 3.05) is 18.1 Å². The molecule has 3 rings (SSSR count). The van der Waals surface area contributed by atoms with Crippen LogP contribution >= 0.6 is 23.5 Å². The lowest BCUT2D eigenvalue weighted by molar-refractivity contribution is -0.118. The summed E-state index contributed by atoms with van der Waals surface area (Å²) < 4.78 is 24.8. The molecule has 0 saturated heterocycles. The van der Waals surface area contributed by atoms with Gasteiger partial charge in [0.05, 0.1) is 33.3 Å². The molecule has 11 heteroatoms. The minimum Gasteiger partial charge on any atom is -0.355 e. The van der Waals surface area contributed by atoms with Crippen LogP contribution in [0.2, 0.25) is 0 Å². The van der Waals surface area contributed by atoms with E-state index in [2.05, 4.69) is 16.4 Å². The van der Waals surface area contributed by atoms with Crippen molar-refractivity contribution in [2.45, 2.75) is 15.8 Å². The second-order valence-corrected chi connectivity index (χ2v) is 10.2. The number of primary sulfonamides is 1. The number of aryl methyl sites for hydroxylation is 1. The maximum absolute atomic E-state index is 12.1. The van der Waals surface area contributed by atoms with Crippen molar-refractivity contribution < 1.29 is 13.2 Å². The molecule has 0 aliphatic rings. The average Bonchev–Trinajstić information content (AvgIpc) is 3.06. The van der Waals surface area contributed by atoms with E-state index in [0.29, 0.717) is 28.5 Å². The minimum atomic E-state index is -3.80. The van der Waals surface area contributed by atoms with E-state index in [4.69, 9.17) is 10.4 Å². The minimum absolute atomic E-state index is 0.00212. The lowest BCUT2D eigenvalue weighted by Gasteiger charge is -2.06. The van der Waals surface area contributed by atoms with Gasteiger partial charge < -0.3 is 9.88 Å². The number of fused-ring (bicyclic) bond motifs is 1. The molecule has 0 spiro atoms. The molecule has 3 aromatic rings. The molecule has 1 aromatic heterocycles. The predicted octanol–water partition coefficient (Wildman–Crippen LogP) is 2.23. The molecule has 1 heterocycles. The van der Waals surface area contributed by atoms with E-state index in [1.807, 2.05) is 29.8 Å². The highest BCUT2D eigenvalue weighted by molar-refractivity contribution is 7.99. The Morgan fingerprint density at radius 2 is 2.06 bits per heavy atom. The van der Waals surface area contributed by atoms with Crippen LogP contribution in [0.4, 0.5) is 0 Å². The Morgan fingerprint density at radius 1 is 1.29 bits per heavy atom. The highest BCUT2D eigenvalue weighted by atomic mass is 32.2. The van der Waals surface area contributed by atoms with Crippen molar-refractivity contribution in [3.8, 4) is 6.07 Å². The molecule has 0 saturated carbocycles. The van der Waals surface area contributed by atoms with Crippen molar-refractivity contribution in [3.63, 3.8) is 0 Å². The number of amides is 1. The van der Waals surface area contributed by atoms with Crippen LogP contribution in [0.1, 0.15) is 11.1 Å². The number of carbonyl (C=O) groups excluding carboxylic acids is 1. The smallest absolute Gasteiger partial charge is 0.238 e. The second-order valence-electron chi connectivity index (χ2n) is 6.61. The predicted molar refractivity (Wildman–Crippen MR) is 123 cm³/mol. The van der Waals surface area contributed by atoms with E-state index >= 15 is 0 Å². The number of benzene rings is 2. The Labute approximate surface area is 189 Å². The van der Waals surface area contributed by atoms with Crippen molar-refractivity contribution in [2.24, 2.45) is 12.2 Å². The summed E-state index contributed by atoms with van der Waals surface area (Å²) in [4.78, 5) is 16.6. The molecule has 0 atom stereocenters. The van der Waals surface area contributed by atoms with E-state index in [1.165, 1.54) is 23.9 Å². The number of nitrogens with one attached hydrogen (secondary N) is 1. The molecule has 3 N–H and O–H groups in total. The molecule has 0 bridgehead atoms. The summed E-state index contributed by atoms with van der Waals surface area (Å²) >= 11 is 2.93. The van der Waals surface area contributed by atoms with Crippen LogP contribution in [0, 0.1) is 11.3 Å². The fourth-order valence-corrected chi connectivity index (χ4v) is 5.06. The number of nitrogens with zero attached hydrogens (tertiary/aromatic N) is 3. The maximum atomic E-state index is 12.1. The Bertz CT molecular complexity index is 1250. The molecular formula is C20H21N5O3S3. The Balaban J connectivity index is 1.47. The van der Waals surface area contributed by atoms with Crippen molar-refractivity contribution in [1.29, 1.82) is 5.26 Å². The third kappa shape index (κ3) is 6.01. The molecule has 31 heavy (non-hydrogen) atoms. The van der Waals surface area contributed by atoms with E-state index < -0.39 is 10.0 Å². The number of carbonyl (C=O) groups is 1. The number of hydrogen-bond donors (Lipinski definition) is 2. The van der Waals surface area contributed by atoms with Gasteiger partial charge >= 0.3 is 0 Å². The fourth-order valence-electron chi connectivity index (χ4n) is 2.84. The van der Waals surface area contributed by atoms with Crippen LogP contribution < -0.4 is 10.5 Å². The Kier molecular flexibility index (Phi) is 7.61. The van der Waals surface area contributed by atoms with Gasteiger partial charge in [-0.2, -0.15) is 17.0 Å². The van der Waals surface area contributed by atoms with Crippen LogP contribution in [-0.4, -0.2) is 41.9 Å². The zero-order valence-corrected chi connectivity index (χ0v) is 19.2. The topological polar surface area (TPSA) is 131 Å². The second kappa shape index (κ2) is 10.2. The number of nitrogens with two attached hydrogens (primary N) is 1. The summed E-state index contributed by atoms with van der Waals surface area (Å²) in [5, 5.41) is 17.8. The number of aromatic nitrogens is 2. The average molecular weight is 476 g/mol. The summed E-state index contributed by atoms with van der Waals surface area (Å²) in [6.45, 7) is 0.527. The van der Waals surface area contributed by atoms with E-state index in [9.17, 15) is 13.2 Å². The van der Waals surface area contributed by atoms with Gasteiger partial charge in [0.2, 0.25) is 15.9 Å². The van der Waals surface area contributed by atoms with Gasteiger partial charge in [0.25, 0.3) is 0 Å². The zero-order chi connectivity index (χ0) is 22.4. The van der Waals surface area contributed by atoms with Gasteiger partial charge in [-0.1, -0.05) is 30.0 Å². The highest BCUT2D eigenvalue weighted by Gasteiger charge is 2.14. The highest BCUT2D eigenvalue weighted by Crippen LogP contribution is 2.24. The summed E-state index contributed by atoms with van der Waals surface area (Å²) in [5.41, 5.74) is 2.92.